The van der Waals surface area contributed by atoms with E-state index in [1.807, 2.05) is 36.4 Å². The van der Waals surface area contributed by atoms with Crippen molar-refractivity contribution in [2.75, 3.05) is 39.3 Å². The maximum Gasteiger partial charge on any atom is 0.573 e. The van der Waals surface area contributed by atoms with E-state index in [1.54, 1.807) is 129 Å². The number of hydrogen-bond donors (Lipinski definition) is 6. The summed E-state index contributed by atoms with van der Waals surface area (Å²) >= 11 is 19.1. The summed E-state index contributed by atoms with van der Waals surface area (Å²) in [7, 11) is 0. The van der Waals surface area contributed by atoms with Crippen molar-refractivity contribution < 1.29 is 75.2 Å². The Balaban J connectivity index is 0.000000180. The van der Waals surface area contributed by atoms with Gasteiger partial charge in [0.2, 0.25) is 0 Å². The Labute approximate surface area is 676 Å². The molecular formula is C80H65Cl2F6N9O10S6. The number of aromatic hydroxyl groups is 3. The van der Waals surface area contributed by atoms with Crippen LogP contribution >= 0.6 is 91.2 Å². The second-order valence-corrected chi connectivity index (χ2v) is 31.0. The maximum atomic E-state index is 12.8. The van der Waals surface area contributed by atoms with Crippen LogP contribution in [0, 0.1) is 0 Å². The lowest BCUT2D eigenvalue weighted by Crippen LogP contribution is -2.24. The van der Waals surface area contributed by atoms with Crippen molar-refractivity contribution in [2.24, 2.45) is 15.0 Å². The third-order valence-corrected chi connectivity index (χ3v) is 23.7. The molecule has 0 aliphatic rings. The van der Waals surface area contributed by atoms with Crippen LogP contribution in [0.15, 0.2) is 208 Å². The number of hydrogen-bond acceptors (Lipinski definition) is 22. The van der Waals surface area contributed by atoms with Crippen molar-refractivity contribution in [1.82, 2.24) is 30.9 Å². The molecular weight excluding hydrogens is 1620 g/mol. The number of pyridine rings is 3. The third-order valence-electron chi connectivity index (χ3n) is 16.5. The summed E-state index contributed by atoms with van der Waals surface area (Å²) in [6.45, 7) is 5.95. The monoisotopic (exact) mass is 1690 g/mol. The number of amides is 3. The number of Topliss-reactive ketones (excluding diaryl/α,β-unsaturated/α-hetero) is 3. The molecule has 0 bridgehead atoms. The predicted molar refractivity (Wildman–Crippen MR) is 434 cm³/mol. The Bertz CT molecular complexity index is 5430. The average Bonchev–Trinajstić information content (AvgIpc) is 1.70. The highest BCUT2D eigenvalue weighted by molar-refractivity contribution is 7.17. The molecule has 3 aromatic carbocycles. The van der Waals surface area contributed by atoms with E-state index in [0.717, 1.165) is 80.5 Å². The van der Waals surface area contributed by atoms with Gasteiger partial charge in [-0.2, -0.15) is 13.2 Å². The maximum absolute atomic E-state index is 12.8. The summed E-state index contributed by atoms with van der Waals surface area (Å²) < 4.78 is 79.5. The number of thiophene rings is 6. The molecule has 0 aliphatic heterocycles. The van der Waals surface area contributed by atoms with Crippen molar-refractivity contribution >= 4 is 143 Å². The van der Waals surface area contributed by atoms with Crippen LogP contribution in [-0.2, 0) is 25.4 Å². The standard InChI is InChI=1S/C27H22F3N3O4S2.C27H22F3N3O3S2.C26H21Cl2N3O3S2/c1-16(20-15-38-25(24(20)35)18-2-4-19(5-3-18)37-27(28,29)30)33-14-21(34)22-6-7-23(39-22)26(36)32-13-10-17-8-11-31-12-9-17;1-16(20-15-37-25(24(20)35)18-2-4-19(5-3-18)27(28,29)30)33-14-21(34)22-6-7-23(38-22)26(36)32-13-10-17-8-11-31-12-9-17;1-15(18-14-35-25(24(18)33)17-4-5-19(27)20(28)11-17)31-13-21(32)22-6-7-23(36-22)26(34)30-10-8-16-3-2-9-29-12-16/h2-9,11-12,15,35H,10,13-14H2,1H3,(H,32,36);2-9,11-12,15,35H,10,13-14H2,1H3,(H,32,36);2-7,9,11-12,14,33H,8,10,13H2,1H3,(H,30,34). The Hall–Kier alpha value is -10.9. The molecule has 0 atom stereocenters. The number of rotatable bonds is 28. The zero-order valence-electron chi connectivity index (χ0n) is 59.7. The Morgan fingerprint density at radius 2 is 0.796 bits per heavy atom. The van der Waals surface area contributed by atoms with Gasteiger partial charge in [0.15, 0.2) is 17.3 Å². The van der Waals surface area contributed by atoms with E-state index in [4.69, 9.17) is 23.2 Å². The molecule has 6 N–H and O–H groups in total. The second kappa shape index (κ2) is 39.5. The van der Waals surface area contributed by atoms with Gasteiger partial charge in [-0.1, -0.05) is 47.5 Å². The van der Waals surface area contributed by atoms with Gasteiger partial charge in [-0.25, -0.2) is 0 Å². The SMILES string of the molecule is CC(=NCC(=O)c1ccc(C(=O)NCCc2cccnc2)s1)c1csc(-c2ccc(Cl)c(Cl)c2)c1O.CC(=NCC(=O)c1ccc(C(=O)NCCc2ccncc2)s1)c1csc(-c2ccc(C(F)(F)F)cc2)c1O.CC(=NCC(=O)c1ccc(C(=O)NCCc2ccncc2)s1)c1csc(-c2ccc(OC(F)(F)F)cc2)c1O. The van der Waals surface area contributed by atoms with Crippen LogP contribution in [0.3, 0.4) is 0 Å². The largest absolute Gasteiger partial charge is 0.573 e. The number of benzene rings is 3. The number of nitrogens with one attached hydrogen (secondary N) is 3. The normalized spacial score (nSPS) is 11.8. The van der Waals surface area contributed by atoms with Crippen molar-refractivity contribution in [3.05, 3.63) is 271 Å². The van der Waals surface area contributed by atoms with Crippen LogP contribution < -0.4 is 20.7 Å². The lowest BCUT2D eigenvalue weighted by atomic mass is 10.1. The first-order chi connectivity index (χ1) is 54.1. The van der Waals surface area contributed by atoms with Crippen molar-refractivity contribution in [1.29, 1.82) is 0 Å². The van der Waals surface area contributed by atoms with Crippen LogP contribution in [0.1, 0.15) is 118 Å². The Kier molecular flexibility index (Phi) is 29.6. The quantitative estimate of drug-likeness (QED) is 0.0151. The van der Waals surface area contributed by atoms with E-state index in [0.29, 0.717) is 138 Å². The lowest BCUT2D eigenvalue weighted by Gasteiger charge is -2.09. The van der Waals surface area contributed by atoms with Gasteiger partial charge in [-0.3, -0.25) is 58.7 Å². The molecule has 33 heteroatoms. The zero-order chi connectivity index (χ0) is 80.9. The highest BCUT2D eigenvalue weighted by Gasteiger charge is 2.32. The topological polar surface area (TPSA) is 284 Å². The van der Waals surface area contributed by atoms with E-state index in [2.05, 4.69) is 50.6 Å². The number of ketones is 3. The summed E-state index contributed by atoms with van der Waals surface area (Å²) in [6, 6.07) is 35.8. The molecule has 0 unspecified atom stereocenters. The number of carbonyl (C=O) groups is 6. The van der Waals surface area contributed by atoms with Gasteiger partial charge in [0, 0.05) is 107 Å². The minimum Gasteiger partial charge on any atom is -0.506 e. The van der Waals surface area contributed by atoms with E-state index >= 15 is 0 Å². The smallest absolute Gasteiger partial charge is 0.506 e. The molecule has 9 heterocycles. The van der Waals surface area contributed by atoms with Crippen LogP contribution in [0.2, 0.25) is 10.0 Å². The molecule has 0 spiro atoms. The molecule has 3 amide bonds. The van der Waals surface area contributed by atoms with E-state index in [-0.39, 0.29) is 77.7 Å². The Morgan fingerprint density at radius 3 is 1.16 bits per heavy atom. The van der Waals surface area contributed by atoms with Crippen LogP contribution in [-0.4, -0.2) is 128 Å². The van der Waals surface area contributed by atoms with Crippen molar-refractivity contribution in [2.45, 2.75) is 52.6 Å². The van der Waals surface area contributed by atoms with Crippen LogP contribution in [0.5, 0.6) is 23.0 Å². The molecule has 582 valence electrons. The van der Waals surface area contributed by atoms with E-state index in [1.165, 1.54) is 58.3 Å². The fraction of sp³-hybridized carbons (Fsp3) is 0.175. The third kappa shape index (κ3) is 23.8. The van der Waals surface area contributed by atoms with Crippen LogP contribution in [0.25, 0.3) is 31.3 Å². The van der Waals surface area contributed by atoms with Gasteiger partial charge in [0.25, 0.3) is 17.7 Å². The number of alkyl halides is 6. The van der Waals surface area contributed by atoms with E-state index in [9.17, 15) is 70.4 Å². The summed E-state index contributed by atoms with van der Waals surface area (Å²) in [5.74, 6) is -1.97. The lowest BCUT2D eigenvalue weighted by molar-refractivity contribution is -0.274. The van der Waals surface area contributed by atoms with Gasteiger partial charge in [0.05, 0.1) is 59.5 Å². The number of carbonyl (C=O) groups excluding carboxylic acids is 6. The van der Waals surface area contributed by atoms with Gasteiger partial charge in [-0.15, -0.1) is 81.2 Å². The highest BCUT2D eigenvalue weighted by Crippen LogP contribution is 2.43. The number of ether oxygens (including phenoxy) is 1. The van der Waals surface area contributed by atoms with Crippen LogP contribution in [0.4, 0.5) is 26.3 Å². The number of aliphatic imine (C=N–C) groups is 3. The fourth-order valence-corrected chi connectivity index (χ4v) is 16.3. The molecule has 0 aliphatic carbocycles. The average molecular weight is 1690 g/mol. The summed E-state index contributed by atoms with van der Waals surface area (Å²) in [5, 5.41) is 46.5. The molecule has 12 aromatic rings. The number of halogens is 8. The summed E-state index contributed by atoms with van der Waals surface area (Å²) in [5.41, 5.74) is 6.80. The predicted octanol–water partition coefficient (Wildman–Crippen LogP) is 18.9. The molecule has 0 fully saturated rings. The minimum atomic E-state index is -4.79. The van der Waals surface area contributed by atoms with Gasteiger partial charge < -0.3 is 36.0 Å². The van der Waals surface area contributed by atoms with Gasteiger partial charge in [-0.05, 0) is 189 Å². The first kappa shape index (κ1) is 84.5. The molecule has 0 saturated heterocycles. The summed E-state index contributed by atoms with van der Waals surface area (Å²) in [4.78, 5) is 104. The van der Waals surface area contributed by atoms with E-state index < -0.39 is 18.1 Å². The molecule has 113 heavy (non-hydrogen) atoms. The van der Waals surface area contributed by atoms with Gasteiger partial charge in [0.1, 0.15) is 42.6 Å². The molecule has 12 rings (SSSR count). The Morgan fingerprint density at radius 1 is 0.434 bits per heavy atom. The minimum absolute atomic E-state index is 0.0773. The molecule has 0 saturated carbocycles. The molecule has 0 radical (unpaired) electrons. The van der Waals surface area contributed by atoms with Gasteiger partial charge >= 0.3 is 12.5 Å². The van der Waals surface area contributed by atoms with Crippen molar-refractivity contribution in [3.63, 3.8) is 0 Å². The zero-order valence-corrected chi connectivity index (χ0v) is 66.1. The number of nitrogens with zero attached hydrogens (tertiary/aromatic N) is 6. The first-order valence-corrected chi connectivity index (χ1v) is 39.8. The van der Waals surface area contributed by atoms with Crippen molar-refractivity contribution in [3.8, 4) is 54.3 Å². The fourth-order valence-electron chi connectivity index (χ4n) is 10.5. The molecule has 19 nitrogen and oxygen atoms in total. The molecule has 9 aromatic heterocycles. The number of aromatic nitrogens is 3. The second-order valence-electron chi connectivity index (χ2n) is 24.3. The highest BCUT2D eigenvalue weighted by atomic mass is 35.5. The summed E-state index contributed by atoms with van der Waals surface area (Å²) in [6.07, 6.45) is 3.00. The first-order valence-electron chi connectivity index (χ1n) is 33.9.